The van der Waals surface area contributed by atoms with Gasteiger partial charge in [0.1, 0.15) is 12.7 Å². The van der Waals surface area contributed by atoms with E-state index in [4.69, 9.17) is 0 Å². The Kier molecular flexibility index (Phi) is 4.37. The van der Waals surface area contributed by atoms with Crippen LogP contribution in [-0.2, 0) is 16.1 Å². The van der Waals surface area contributed by atoms with Crippen molar-refractivity contribution in [3.8, 4) is 0 Å². The van der Waals surface area contributed by atoms with Crippen molar-refractivity contribution in [2.45, 2.75) is 19.9 Å². The lowest BCUT2D eigenvalue weighted by molar-refractivity contribution is -0.126. The maximum absolute atomic E-state index is 12.4. The first-order chi connectivity index (χ1) is 12.6. The number of fused-ring (bicyclic) bond motifs is 1. The van der Waals surface area contributed by atoms with Gasteiger partial charge in [0.25, 0.3) is 0 Å². The Balaban J connectivity index is 1.40. The number of rotatable bonds is 5. The number of hydrogen-bond acceptors (Lipinski definition) is 6. The molecule has 1 aliphatic rings. The van der Waals surface area contributed by atoms with Crippen LogP contribution in [0.2, 0.25) is 0 Å². The highest BCUT2D eigenvalue weighted by atomic mass is 32.1. The Morgan fingerprint density at radius 3 is 3.12 bits per heavy atom. The molecule has 1 N–H and O–H groups in total. The predicted molar refractivity (Wildman–Crippen MR) is 97.8 cm³/mol. The van der Waals surface area contributed by atoms with Crippen LogP contribution in [0.5, 0.6) is 0 Å². The maximum atomic E-state index is 12.4. The zero-order valence-corrected chi connectivity index (χ0v) is 15.1. The third kappa shape index (κ3) is 3.30. The Morgan fingerprint density at radius 2 is 2.31 bits per heavy atom. The number of aryl methyl sites for hydroxylation is 1. The number of aromatic nitrogens is 4. The molecule has 134 valence electrons. The average molecular weight is 370 g/mol. The number of anilines is 1. The molecule has 26 heavy (non-hydrogen) atoms. The van der Waals surface area contributed by atoms with Gasteiger partial charge in [0, 0.05) is 19.5 Å². The summed E-state index contributed by atoms with van der Waals surface area (Å²) in [6.45, 7) is 3.40. The molecule has 0 aliphatic carbocycles. The van der Waals surface area contributed by atoms with Gasteiger partial charge in [-0.3, -0.25) is 19.2 Å². The summed E-state index contributed by atoms with van der Waals surface area (Å²) in [4.78, 5) is 34.8. The Hall–Kier alpha value is -2.81. The van der Waals surface area contributed by atoms with E-state index in [1.807, 2.05) is 19.1 Å². The van der Waals surface area contributed by atoms with E-state index in [0.29, 0.717) is 24.8 Å². The van der Waals surface area contributed by atoms with E-state index in [1.54, 1.807) is 15.9 Å². The molecule has 1 fully saturated rings. The quantitative estimate of drug-likeness (QED) is 0.732. The molecular weight excluding hydrogens is 352 g/mol. The van der Waals surface area contributed by atoms with Crippen molar-refractivity contribution in [3.63, 3.8) is 0 Å². The van der Waals surface area contributed by atoms with Crippen molar-refractivity contribution in [1.82, 2.24) is 25.1 Å². The maximum Gasteiger partial charge on any atom is 0.229 e. The number of nitrogens with one attached hydrogen (secondary N) is 1. The number of carbonyl (C=O) groups excluding carboxylic acids is 2. The lowest BCUT2D eigenvalue weighted by Crippen LogP contribution is -2.34. The number of carbonyl (C=O) groups is 2. The van der Waals surface area contributed by atoms with Gasteiger partial charge in [0.15, 0.2) is 5.13 Å². The van der Waals surface area contributed by atoms with Crippen molar-refractivity contribution in [3.05, 3.63) is 36.4 Å². The fourth-order valence-corrected chi connectivity index (χ4v) is 4.08. The fourth-order valence-electron chi connectivity index (χ4n) is 2.99. The van der Waals surface area contributed by atoms with Crippen molar-refractivity contribution in [2.75, 3.05) is 18.0 Å². The Morgan fingerprint density at radius 1 is 1.42 bits per heavy atom. The van der Waals surface area contributed by atoms with Gasteiger partial charge in [0.05, 0.1) is 22.7 Å². The minimum atomic E-state index is -0.355. The van der Waals surface area contributed by atoms with Gasteiger partial charge in [-0.15, -0.1) is 0 Å². The van der Waals surface area contributed by atoms with Crippen LogP contribution in [0.3, 0.4) is 0 Å². The SMILES string of the molecule is Cc1ccc2nc(N3CC(C(=O)NCCn4cncn4)CC3=O)sc2c1. The third-order valence-corrected chi connectivity index (χ3v) is 5.41. The number of amides is 2. The van der Waals surface area contributed by atoms with Gasteiger partial charge in [-0.05, 0) is 24.6 Å². The third-order valence-electron chi connectivity index (χ3n) is 4.37. The minimum Gasteiger partial charge on any atom is -0.354 e. The number of thiazole rings is 1. The molecule has 0 spiro atoms. The molecule has 0 radical (unpaired) electrons. The highest BCUT2D eigenvalue weighted by Gasteiger charge is 2.36. The number of hydrogen-bond donors (Lipinski definition) is 1. The molecule has 1 saturated heterocycles. The van der Waals surface area contributed by atoms with Gasteiger partial charge in [-0.2, -0.15) is 5.10 Å². The Labute approximate surface area is 153 Å². The van der Waals surface area contributed by atoms with Gasteiger partial charge in [-0.25, -0.2) is 9.97 Å². The van der Waals surface area contributed by atoms with Crippen LogP contribution in [0.4, 0.5) is 5.13 Å². The van der Waals surface area contributed by atoms with E-state index in [2.05, 4.69) is 26.4 Å². The summed E-state index contributed by atoms with van der Waals surface area (Å²) in [6, 6.07) is 6.02. The van der Waals surface area contributed by atoms with E-state index >= 15 is 0 Å². The zero-order chi connectivity index (χ0) is 18.1. The standard InChI is InChI=1S/C17H18N6O2S/c1-11-2-3-13-14(6-11)26-17(21-13)23-8-12(7-15(23)24)16(25)19-4-5-22-10-18-9-20-22/h2-3,6,9-10,12H,4-5,7-8H2,1H3,(H,19,25). The lowest BCUT2D eigenvalue weighted by atomic mass is 10.1. The first-order valence-electron chi connectivity index (χ1n) is 8.38. The van der Waals surface area contributed by atoms with E-state index in [1.165, 1.54) is 17.7 Å². The first kappa shape index (κ1) is 16.6. The largest absolute Gasteiger partial charge is 0.354 e. The van der Waals surface area contributed by atoms with Gasteiger partial charge in [0.2, 0.25) is 11.8 Å². The van der Waals surface area contributed by atoms with Crippen molar-refractivity contribution in [1.29, 1.82) is 0 Å². The molecule has 9 heteroatoms. The summed E-state index contributed by atoms with van der Waals surface area (Å²) in [6.07, 6.45) is 3.26. The average Bonchev–Trinajstić information content (AvgIpc) is 3.33. The fraction of sp³-hybridized carbons (Fsp3) is 0.353. The molecule has 8 nitrogen and oxygen atoms in total. The topological polar surface area (TPSA) is 93.0 Å². The van der Waals surface area contributed by atoms with E-state index in [0.717, 1.165) is 15.8 Å². The van der Waals surface area contributed by atoms with Crippen LogP contribution < -0.4 is 10.2 Å². The summed E-state index contributed by atoms with van der Waals surface area (Å²) in [5.74, 6) is -0.526. The van der Waals surface area contributed by atoms with Gasteiger partial charge in [-0.1, -0.05) is 17.4 Å². The van der Waals surface area contributed by atoms with E-state index < -0.39 is 0 Å². The molecule has 3 heterocycles. The zero-order valence-electron chi connectivity index (χ0n) is 14.3. The summed E-state index contributed by atoms with van der Waals surface area (Å²) in [5, 5.41) is 7.51. The summed E-state index contributed by atoms with van der Waals surface area (Å²) >= 11 is 1.49. The summed E-state index contributed by atoms with van der Waals surface area (Å²) in [7, 11) is 0. The van der Waals surface area contributed by atoms with Crippen molar-refractivity contribution < 1.29 is 9.59 Å². The molecule has 1 aromatic carbocycles. The van der Waals surface area contributed by atoms with Crippen LogP contribution in [0, 0.1) is 12.8 Å². The van der Waals surface area contributed by atoms with Crippen LogP contribution in [0.1, 0.15) is 12.0 Å². The summed E-state index contributed by atoms with van der Waals surface area (Å²) in [5.41, 5.74) is 2.04. The molecule has 3 aromatic rings. The highest BCUT2D eigenvalue weighted by Crippen LogP contribution is 2.33. The van der Waals surface area contributed by atoms with Crippen molar-refractivity contribution in [2.24, 2.45) is 5.92 Å². The van der Waals surface area contributed by atoms with Gasteiger partial charge >= 0.3 is 0 Å². The monoisotopic (exact) mass is 370 g/mol. The van der Waals surface area contributed by atoms with E-state index in [-0.39, 0.29) is 24.2 Å². The van der Waals surface area contributed by atoms with Gasteiger partial charge < -0.3 is 5.32 Å². The molecule has 0 bridgehead atoms. The smallest absolute Gasteiger partial charge is 0.229 e. The molecule has 4 rings (SSSR count). The normalized spacial score (nSPS) is 17.2. The number of nitrogens with zero attached hydrogens (tertiary/aromatic N) is 5. The second kappa shape index (κ2) is 6.83. The second-order valence-corrected chi connectivity index (χ2v) is 7.33. The Bertz CT molecular complexity index is 951. The number of benzene rings is 1. The molecule has 1 unspecified atom stereocenters. The molecule has 2 amide bonds. The molecule has 2 aromatic heterocycles. The molecule has 0 saturated carbocycles. The van der Waals surface area contributed by atoms with Crippen molar-refractivity contribution >= 4 is 38.5 Å². The summed E-state index contributed by atoms with van der Waals surface area (Å²) < 4.78 is 2.70. The minimum absolute atomic E-state index is 0.0581. The molecular formula is C17H18N6O2S. The second-order valence-electron chi connectivity index (χ2n) is 6.32. The van der Waals surface area contributed by atoms with E-state index in [9.17, 15) is 9.59 Å². The molecule has 1 atom stereocenters. The first-order valence-corrected chi connectivity index (χ1v) is 9.19. The van der Waals surface area contributed by atoms with Crippen LogP contribution in [-0.4, -0.2) is 44.7 Å². The van der Waals surface area contributed by atoms with Crippen LogP contribution >= 0.6 is 11.3 Å². The predicted octanol–water partition coefficient (Wildman–Crippen LogP) is 1.37. The van der Waals surface area contributed by atoms with Crippen LogP contribution in [0.15, 0.2) is 30.9 Å². The lowest BCUT2D eigenvalue weighted by Gasteiger charge is -2.13. The van der Waals surface area contributed by atoms with Crippen LogP contribution in [0.25, 0.3) is 10.2 Å². The molecule has 1 aliphatic heterocycles. The highest BCUT2D eigenvalue weighted by molar-refractivity contribution is 7.22.